The van der Waals surface area contributed by atoms with Crippen LogP contribution in [0.25, 0.3) is 0 Å². The van der Waals surface area contributed by atoms with E-state index in [0.29, 0.717) is 0 Å². The predicted molar refractivity (Wildman–Crippen MR) is 53.4 cm³/mol. The molecule has 1 fully saturated rings. The smallest absolute Gasteiger partial charge is 0.00922 e. The fourth-order valence-corrected chi connectivity index (χ4v) is 1.64. The van der Waals surface area contributed by atoms with E-state index in [1.165, 1.54) is 38.8 Å². The lowest BCUT2D eigenvalue weighted by Crippen LogP contribution is -2.38. The van der Waals surface area contributed by atoms with Gasteiger partial charge in [0.1, 0.15) is 0 Å². The van der Waals surface area contributed by atoms with E-state index >= 15 is 0 Å². The predicted octanol–water partition coefficient (Wildman–Crippen LogP) is 1.47. The summed E-state index contributed by atoms with van der Waals surface area (Å²) in [5.41, 5.74) is 0. The summed E-state index contributed by atoms with van der Waals surface area (Å²) in [5.74, 6) is 0. The molecule has 0 aromatic rings. The largest absolute Gasteiger partial charge is 0.317 e. The van der Waals surface area contributed by atoms with Crippen LogP contribution in [-0.2, 0) is 0 Å². The first kappa shape index (κ1) is 10.0. The van der Waals surface area contributed by atoms with Gasteiger partial charge in [-0.15, -0.1) is 0 Å². The number of nitrogens with one attached hydrogen (secondary N) is 1. The minimum atomic E-state index is 0.909. The zero-order valence-corrected chi connectivity index (χ0v) is 8.47. The van der Waals surface area contributed by atoms with Crippen LogP contribution in [0.5, 0.6) is 0 Å². The Morgan fingerprint density at radius 2 is 2.17 bits per heavy atom. The van der Waals surface area contributed by atoms with Gasteiger partial charge in [-0.25, -0.2) is 0 Å². The van der Waals surface area contributed by atoms with Crippen LogP contribution in [0.4, 0.5) is 0 Å². The molecule has 0 amide bonds. The number of hydrogen-bond donors (Lipinski definition) is 1. The molecule has 1 aliphatic carbocycles. The third-order valence-corrected chi connectivity index (χ3v) is 2.81. The Kier molecular flexibility index (Phi) is 4.62. The standard InChI is InChI=1S/C10H22N2/c1-3-11-8-5-9-12(2)10-6-4-7-10/h10-11H,3-9H2,1-2H3. The Bertz CT molecular complexity index is 110. The van der Waals surface area contributed by atoms with Gasteiger partial charge in [-0.3, -0.25) is 0 Å². The molecular formula is C10H22N2. The minimum Gasteiger partial charge on any atom is -0.317 e. The lowest BCUT2D eigenvalue weighted by molar-refractivity contribution is 0.158. The third kappa shape index (κ3) is 3.11. The van der Waals surface area contributed by atoms with Crippen LogP contribution in [0.1, 0.15) is 32.6 Å². The van der Waals surface area contributed by atoms with Crippen molar-refractivity contribution in [2.45, 2.75) is 38.6 Å². The van der Waals surface area contributed by atoms with Crippen molar-refractivity contribution in [2.24, 2.45) is 0 Å². The van der Waals surface area contributed by atoms with Gasteiger partial charge in [0, 0.05) is 6.04 Å². The van der Waals surface area contributed by atoms with Crippen LogP contribution in [-0.4, -0.2) is 37.6 Å². The molecule has 2 nitrogen and oxygen atoms in total. The highest BCUT2D eigenvalue weighted by Crippen LogP contribution is 2.23. The molecule has 0 aromatic heterocycles. The highest BCUT2D eigenvalue weighted by Gasteiger charge is 2.20. The number of hydrogen-bond acceptors (Lipinski definition) is 2. The molecule has 0 heterocycles. The Hall–Kier alpha value is -0.0800. The van der Waals surface area contributed by atoms with Gasteiger partial charge < -0.3 is 10.2 Å². The molecule has 0 bridgehead atoms. The second kappa shape index (κ2) is 5.55. The van der Waals surface area contributed by atoms with Crippen molar-refractivity contribution in [1.29, 1.82) is 0 Å². The Morgan fingerprint density at radius 1 is 1.42 bits per heavy atom. The van der Waals surface area contributed by atoms with Gasteiger partial charge in [0.2, 0.25) is 0 Å². The first-order valence-electron chi connectivity index (χ1n) is 5.25. The van der Waals surface area contributed by atoms with E-state index in [9.17, 15) is 0 Å². The second-order valence-corrected chi connectivity index (χ2v) is 3.77. The zero-order chi connectivity index (χ0) is 8.81. The van der Waals surface area contributed by atoms with Gasteiger partial charge in [-0.2, -0.15) is 0 Å². The Labute approximate surface area is 76.3 Å². The molecule has 0 atom stereocenters. The van der Waals surface area contributed by atoms with Crippen molar-refractivity contribution in [3.8, 4) is 0 Å². The summed E-state index contributed by atoms with van der Waals surface area (Å²) in [4.78, 5) is 2.51. The van der Waals surface area contributed by atoms with Crippen LogP contribution in [0.3, 0.4) is 0 Å². The van der Waals surface area contributed by atoms with Gasteiger partial charge >= 0.3 is 0 Å². The fraction of sp³-hybridized carbons (Fsp3) is 1.00. The molecule has 0 aromatic carbocycles. The summed E-state index contributed by atoms with van der Waals surface area (Å²) in [6, 6.07) is 0.909. The van der Waals surface area contributed by atoms with Crippen LogP contribution in [0, 0.1) is 0 Å². The monoisotopic (exact) mass is 170 g/mol. The highest BCUT2D eigenvalue weighted by atomic mass is 15.1. The second-order valence-electron chi connectivity index (χ2n) is 3.77. The first-order valence-corrected chi connectivity index (χ1v) is 5.25. The highest BCUT2D eigenvalue weighted by molar-refractivity contribution is 4.77. The van der Waals surface area contributed by atoms with Gasteiger partial charge in [0.05, 0.1) is 0 Å². The Morgan fingerprint density at radius 3 is 2.67 bits per heavy atom. The zero-order valence-electron chi connectivity index (χ0n) is 8.47. The molecule has 72 valence electrons. The molecule has 1 aliphatic rings. The molecule has 1 rings (SSSR count). The van der Waals surface area contributed by atoms with Gasteiger partial charge in [0.15, 0.2) is 0 Å². The molecule has 0 aliphatic heterocycles. The van der Waals surface area contributed by atoms with Crippen molar-refractivity contribution >= 4 is 0 Å². The topological polar surface area (TPSA) is 15.3 Å². The van der Waals surface area contributed by atoms with E-state index in [1.807, 2.05) is 0 Å². The molecule has 0 radical (unpaired) electrons. The summed E-state index contributed by atoms with van der Waals surface area (Å²) < 4.78 is 0. The molecule has 0 unspecified atom stereocenters. The molecule has 0 spiro atoms. The lowest BCUT2D eigenvalue weighted by atomic mass is 9.92. The van der Waals surface area contributed by atoms with E-state index in [4.69, 9.17) is 0 Å². The molecular weight excluding hydrogens is 148 g/mol. The lowest BCUT2D eigenvalue weighted by Gasteiger charge is -2.34. The van der Waals surface area contributed by atoms with Gasteiger partial charge in [-0.05, 0) is 45.9 Å². The quantitative estimate of drug-likeness (QED) is 0.607. The fourth-order valence-electron chi connectivity index (χ4n) is 1.64. The maximum atomic E-state index is 3.35. The molecule has 0 saturated heterocycles. The summed E-state index contributed by atoms with van der Waals surface area (Å²) in [7, 11) is 2.26. The first-order chi connectivity index (χ1) is 5.84. The van der Waals surface area contributed by atoms with Crippen molar-refractivity contribution in [3.05, 3.63) is 0 Å². The molecule has 2 heteroatoms. The summed E-state index contributed by atoms with van der Waals surface area (Å²) >= 11 is 0. The van der Waals surface area contributed by atoms with Crippen LogP contribution < -0.4 is 5.32 Å². The molecule has 1 N–H and O–H groups in total. The van der Waals surface area contributed by atoms with E-state index in [2.05, 4.69) is 24.2 Å². The maximum absolute atomic E-state index is 3.35. The van der Waals surface area contributed by atoms with Crippen LogP contribution in [0.15, 0.2) is 0 Å². The van der Waals surface area contributed by atoms with Crippen LogP contribution >= 0.6 is 0 Å². The van der Waals surface area contributed by atoms with Crippen LogP contribution in [0.2, 0.25) is 0 Å². The average molecular weight is 170 g/mol. The van der Waals surface area contributed by atoms with E-state index in [-0.39, 0.29) is 0 Å². The summed E-state index contributed by atoms with van der Waals surface area (Å²) in [6.45, 7) is 5.70. The molecule has 12 heavy (non-hydrogen) atoms. The normalized spacial score (nSPS) is 18.2. The van der Waals surface area contributed by atoms with E-state index in [1.54, 1.807) is 0 Å². The van der Waals surface area contributed by atoms with E-state index < -0.39 is 0 Å². The number of nitrogens with zero attached hydrogens (tertiary/aromatic N) is 1. The SMILES string of the molecule is CCNCCCN(C)C1CCC1. The minimum absolute atomic E-state index is 0.909. The van der Waals surface area contributed by atoms with Crippen molar-refractivity contribution in [3.63, 3.8) is 0 Å². The third-order valence-electron chi connectivity index (χ3n) is 2.81. The van der Waals surface area contributed by atoms with E-state index in [0.717, 1.165) is 12.6 Å². The Balaban J connectivity index is 1.91. The molecule has 1 saturated carbocycles. The maximum Gasteiger partial charge on any atom is 0.00922 e. The van der Waals surface area contributed by atoms with Gasteiger partial charge in [-0.1, -0.05) is 13.3 Å². The van der Waals surface area contributed by atoms with Crippen molar-refractivity contribution < 1.29 is 0 Å². The summed E-state index contributed by atoms with van der Waals surface area (Å²) in [6.07, 6.45) is 5.60. The van der Waals surface area contributed by atoms with Crippen molar-refractivity contribution in [2.75, 3.05) is 26.7 Å². The van der Waals surface area contributed by atoms with Crippen molar-refractivity contribution in [1.82, 2.24) is 10.2 Å². The average Bonchev–Trinajstić information content (AvgIpc) is 1.95. The van der Waals surface area contributed by atoms with Gasteiger partial charge in [0.25, 0.3) is 0 Å². The summed E-state index contributed by atoms with van der Waals surface area (Å²) in [5, 5.41) is 3.35. The number of rotatable bonds is 6.